The molecule has 0 fully saturated rings. The van der Waals surface area contributed by atoms with E-state index in [1.807, 2.05) is 32.0 Å². The molecule has 0 spiro atoms. The van der Waals surface area contributed by atoms with Gasteiger partial charge in [0.05, 0.1) is 28.3 Å². The van der Waals surface area contributed by atoms with E-state index in [4.69, 9.17) is 0 Å². The number of aromatic nitrogens is 3. The fourth-order valence-electron chi connectivity index (χ4n) is 2.60. The number of amides is 1. The van der Waals surface area contributed by atoms with Crippen LogP contribution < -0.4 is 5.32 Å². The summed E-state index contributed by atoms with van der Waals surface area (Å²) in [6.07, 6.45) is 0. The van der Waals surface area contributed by atoms with Crippen LogP contribution in [0.4, 0.5) is 0 Å². The van der Waals surface area contributed by atoms with Crippen LogP contribution in [0.2, 0.25) is 0 Å². The largest absolute Gasteiger partial charge is 0.342 e. The molecule has 114 valence electrons. The molecular formula is C16H18N4OS. The second-order valence-corrected chi connectivity index (χ2v) is 6.02. The summed E-state index contributed by atoms with van der Waals surface area (Å²) < 4.78 is 2.14. The van der Waals surface area contributed by atoms with Crippen LogP contribution in [0.1, 0.15) is 41.1 Å². The zero-order valence-corrected chi connectivity index (χ0v) is 13.6. The zero-order valence-electron chi connectivity index (χ0n) is 12.8. The first kappa shape index (κ1) is 14.7. The highest BCUT2D eigenvalue weighted by molar-refractivity contribution is 7.11. The van der Waals surface area contributed by atoms with E-state index >= 15 is 0 Å². The molecule has 0 saturated heterocycles. The number of nitrogens with zero attached hydrogens (tertiary/aromatic N) is 3. The lowest BCUT2D eigenvalue weighted by molar-refractivity contribution is 0.0941. The summed E-state index contributed by atoms with van der Waals surface area (Å²) >= 11 is 1.36. The molecule has 5 nitrogen and oxygen atoms in total. The third kappa shape index (κ3) is 2.50. The van der Waals surface area contributed by atoms with Crippen LogP contribution >= 0.6 is 11.3 Å². The van der Waals surface area contributed by atoms with Crippen molar-refractivity contribution in [3.63, 3.8) is 0 Å². The lowest BCUT2D eigenvalue weighted by Gasteiger charge is -2.15. The number of imidazole rings is 1. The number of fused-ring (bicyclic) bond motifs is 1. The van der Waals surface area contributed by atoms with E-state index in [-0.39, 0.29) is 11.9 Å². The Labute approximate surface area is 133 Å². The lowest BCUT2D eigenvalue weighted by Crippen LogP contribution is -2.28. The van der Waals surface area contributed by atoms with Crippen LogP contribution in [0, 0.1) is 6.92 Å². The second kappa shape index (κ2) is 5.88. The maximum atomic E-state index is 12.3. The Morgan fingerprint density at radius 3 is 2.86 bits per heavy atom. The van der Waals surface area contributed by atoms with Gasteiger partial charge >= 0.3 is 0 Å². The van der Waals surface area contributed by atoms with Crippen molar-refractivity contribution >= 4 is 28.3 Å². The first-order valence-electron chi connectivity index (χ1n) is 7.28. The molecule has 1 aromatic carbocycles. The summed E-state index contributed by atoms with van der Waals surface area (Å²) in [5.74, 6) is 0.779. The van der Waals surface area contributed by atoms with Crippen LogP contribution in [0.5, 0.6) is 0 Å². The van der Waals surface area contributed by atoms with E-state index in [0.717, 1.165) is 29.1 Å². The minimum absolute atomic E-state index is 0.0952. The van der Waals surface area contributed by atoms with Crippen molar-refractivity contribution in [2.45, 2.75) is 33.4 Å². The van der Waals surface area contributed by atoms with E-state index in [1.54, 1.807) is 5.51 Å². The average molecular weight is 314 g/mol. The molecule has 1 N–H and O–H groups in total. The van der Waals surface area contributed by atoms with Crippen molar-refractivity contribution in [1.82, 2.24) is 19.9 Å². The van der Waals surface area contributed by atoms with Gasteiger partial charge in [-0.3, -0.25) is 4.79 Å². The van der Waals surface area contributed by atoms with Crippen molar-refractivity contribution in [3.05, 3.63) is 46.2 Å². The van der Waals surface area contributed by atoms with Gasteiger partial charge in [0.2, 0.25) is 0 Å². The number of hydrogen-bond donors (Lipinski definition) is 1. The van der Waals surface area contributed by atoms with Gasteiger partial charge in [0, 0.05) is 6.54 Å². The molecule has 3 rings (SSSR count). The van der Waals surface area contributed by atoms with Crippen molar-refractivity contribution in [2.24, 2.45) is 0 Å². The van der Waals surface area contributed by atoms with E-state index in [2.05, 4.69) is 32.8 Å². The van der Waals surface area contributed by atoms with Gasteiger partial charge < -0.3 is 9.88 Å². The molecule has 0 bridgehead atoms. The van der Waals surface area contributed by atoms with Gasteiger partial charge in [-0.05, 0) is 32.9 Å². The fourth-order valence-corrected chi connectivity index (χ4v) is 3.31. The van der Waals surface area contributed by atoms with E-state index in [0.29, 0.717) is 4.88 Å². The van der Waals surface area contributed by atoms with Crippen LogP contribution in [-0.2, 0) is 6.54 Å². The molecule has 1 atom stereocenters. The van der Waals surface area contributed by atoms with Crippen LogP contribution in [0.25, 0.3) is 11.0 Å². The van der Waals surface area contributed by atoms with Gasteiger partial charge in [-0.1, -0.05) is 12.1 Å². The number of para-hydroxylation sites is 2. The number of thiazole rings is 1. The normalized spacial score (nSPS) is 12.5. The molecular weight excluding hydrogens is 296 g/mol. The van der Waals surface area contributed by atoms with E-state index in [9.17, 15) is 4.79 Å². The molecule has 0 aliphatic rings. The van der Waals surface area contributed by atoms with Crippen LogP contribution in [0.3, 0.4) is 0 Å². The van der Waals surface area contributed by atoms with Crippen molar-refractivity contribution < 1.29 is 4.79 Å². The van der Waals surface area contributed by atoms with E-state index < -0.39 is 0 Å². The SMILES string of the molecule is CCn1c(C(C)NC(=O)c2scnc2C)nc2ccccc21. The number of nitrogens with one attached hydrogen (secondary N) is 1. The number of hydrogen-bond acceptors (Lipinski definition) is 4. The third-order valence-electron chi connectivity index (χ3n) is 3.69. The number of rotatable bonds is 4. The van der Waals surface area contributed by atoms with Crippen LogP contribution in [-0.4, -0.2) is 20.4 Å². The van der Waals surface area contributed by atoms with Gasteiger partial charge in [-0.2, -0.15) is 0 Å². The number of aryl methyl sites for hydroxylation is 2. The molecule has 1 unspecified atom stereocenters. The summed E-state index contributed by atoms with van der Waals surface area (Å²) in [5, 5.41) is 3.02. The smallest absolute Gasteiger partial charge is 0.263 e. The fraction of sp³-hybridized carbons (Fsp3) is 0.312. The Hall–Kier alpha value is -2.21. The first-order valence-corrected chi connectivity index (χ1v) is 8.16. The van der Waals surface area contributed by atoms with Gasteiger partial charge in [0.25, 0.3) is 5.91 Å². The number of carbonyl (C=O) groups is 1. The Morgan fingerprint density at radius 2 is 2.18 bits per heavy atom. The van der Waals surface area contributed by atoms with Gasteiger partial charge in [-0.25, -0.2) is 9.97 Å². The highest BCUT2D eigenvalue weighted by Gasteiger charge is 2.20. The summed E-state index contributed by atoms with van der Waals surface area (Å²) in [6, 6.07) is 7.86. The monoisotopic (exact) mass is 314 g/mol. The van der Waals surface area contributed by atoms with E-state index in [1.165, 1.54) is 11.3 Å². The number of carbonyl (C=O) groups excluding carboxylic acids is 1. The molecule has 22 heavy (non-hydrogen) atoms. The molecule has 6 heteroatoms. The molecule has 1 amide bonds. The van der Waals surface area contributed by atoms with Gasteiger partial charge in [-0.15, -0.1) is 11.3 Å². The van der Waals surface area contributed by atoms with Crippen molar-refractivity contribution in [1.29, 1.82) is 0 Å². The molecule has 2 aromatic heterocycles. The maximum Gasteiger partial charge on any atom is 0.263 e. The Morgan fingerprint density at radius 1 is 1.41 bits per heavy atom. The van der Waals surface area contributed by atoms with Gasteiger partial charge in [0.15, 0.2) is 0 Å². The maximum absolute atomic E-state index is 12.3. The molecule has 0 radical (unpaired) electrons. The topological polar surface area (TPSA) is 59.8 Å². The quantitative estimate of drug-likeness (QED) is 0.803. The van der Waals surface area contributed by atoms with Gasteiger partial charge in [0.1, 0.15) is 10.7 Å². The summed E-state index contributed by atoms with van der Waals surface area (Å²) in [5.41, 5.74) is 4.50. The zero-order chi connectivity index (χ0) is 15.7. The predicted octanol–water partition coefficient (Wildman–Crippen LogP) is 3.31. The minimum atomic E-state index is -0.165. The van der Waals surface area contributed by atoms with Crippen molar-refractivity contribution in [3.8, 4) is 0 Å². The molecule has 2 heterocycles. The first-order chi connectivity index (χ1) is 10.6. The summed E-state index contributed by atoms with van der Waals surface area (Å²) in [4.78, 5) is 21.8. The molecule has 3 aromatic rings. The predicted molar refractivity (Wildman–Crippen MR) is 88.1 cm³/mol. The lowest BCUT2D eigenvalue weighted by atomic mass is 10.3. The Bertz CT molecular complexity index is 821. The second-order valence-electron chi connectivity index (χ2n) is 5.17. The molecule has 0 aliphatic heterocycles. The standard InChI is InChI=1S/C16H18N4OS/c1-4-20-13-8-6-5-7-12(13)19-15(20)11(3)18-16(21)14-10(2)17-9-22-14/h5-9,11H,4H2,1-3H3,(H,18,21). The Balaban J connectivity index is 1.90. The summed E-state index contributed by atoms with van der Waals surface area (Å²) in [6.45, 7) is 6.70. The minimum Gasteiger partial charge on any atom is -0.342 e. The highest BCUT2D eigenvalue weighted by atomic mass is 32.1. The summed E-state index contributed by atoms with van der Waals surface area (Å²) in [7, 11) is 0. The third-order valence-corrected chi connectivity index (χ3v) is 4.61. The molecule has 0 saturated carbocycles. The van der Waals surface area contributed by atoms with Crippen LogP contribution in [0.15, 0.2) is 29.8 Å². The highest BCUT2D eigenvalue weighted by Crippen LogP contribution is 2.21. The number of benzene rings is 1. The Kier molecular flexibility index (Phi) is 3.94. The van der Waals surface area contributed by atoms with Crippen molar-refractivity contribution in [2.75, 3.05) is 0 Å². The average Bonchev–Trinajstić information content (AvgIpc) is 3.10. The molecule has 0 aliphatic carbocycles.